The molecule has 2 heterocycles. The fraction of sp³-hybridized carbons (Fsp3) is 0.526. The molecule has 146 valence electrons. The van der Waals surface area contributed by atoms with Crippen LogP contribution >= 0.6 is 0 Å². The Balaban J connectivity index is 1.66. The van der Waals surface area contributed by atoms with Crippen LogP contribution in [0.5, 0.6) is 0 Å². The van der Waals surface area contributed by atoms with Gasteiger partial charge in [-0.3, -0.25) is 4.79 Å². The average molecular weight is 391 g/mol. The summed E-state index contributed by atoms with van der Waals surface area (Å²) in [5.74, 6) is 0.262. The quantitative estimate of drug-likeness (QED) is 0.796. The Morgan fingerprint density at radius 2 is 1.78 bits per heavy atom. The van der Waals surface area contributed by atoms with Crippen LogP contribution in [0.2, 0.25) is 0 Å². The second-order valence-corrected chi connectivity index (χ2v) is 9.83. The van der Waals surface area contributed by atoms with E-state index >= 15 is 0 Å². The van der Waals surface area contributed by atoms with Crippen LogP contribution in [-0.4, -0.2) is 42.5 Å². The number of sulfone groups is 1. The Hall–Kier alpha value is -2.22. The van der Waals surface area contributed by atoms with Crippen molar-refractivity contribution in [1.29, 1.82) is 0 Å². The van der Waals surface area contributed by atoms with Crippen molar-refractivity contribution in [2.24, 2.45) is 5.41 Å². The number of hydrogen-bond acceptors (Lipinski definition) is 6. The molecule has 27 heavy (non-hydrogen) atoms. The lowest BCUT2D eigenvalue weighted by molar-refractivity contribution is -0.140. The van der Waals surface area contributed by atoms with Crippen LogP contribution < -0.4 is 0 Å². The van der Waals surface area contributed by atoms with E-state index in [9.17, 15) is 13.2 Å². The first-order chi connectivity index (χ1) is 12.7. The fourth-order valence-electron chi connectivity index (χ4n) is 3.17. The van der Waals surface area contributed by atoms with Gasteiger partial charge in [0.1, 0.15) is 0 Å². The lowest BCUT2D eigenvalue weighted by Gasteiger charge is -2.34. The minimum atomic E-state index is -3.68. The first kappa shape index (κ1) is 19.5. The Morgan fingerprint density at radius 3 is 2.37 bits per heavy atom. The molecule has 0 saturated carbocycles. The average Bonchev–Trinajstić information content (AvgIpc) is 3.12. The van der Waals surface area contributed by atoms with Crippen LogP contribution in [0.15, 0.2) is 40.0 Å². The molecule has 0 aliphatic carbocycles. The summed E-state index contributed by atoms with van der Waals surface area (Å²) in [7, 11) is -3.68. The number of nitrogens with zero attached hydrogens (tertiary/aromatic N) is 3. The second kappa shape index (κ2) is 7.42. The van der Waals surface area contributed by atoms with E-state index in [1.54, 1.807) is 24.3 Å². The summed E-state index contributed by atoms with van der Waals surface area (Å²) in [6, 6.07) is 8.90. The van der Waals surface area contributed by atoms with Gasteiger partial charge in [0.05, 0.1) is 5.75 Å². The number of likely N-dealkylation sites (tertiary alicyclic amines) is 1. The predicted octanol–water partition coefficient (Wildman–Crippen LogP) is 2.80. The number of rotatable bonds is 4. The zero-order valence-electron chi connectivity index (χ0n) is 15.9. The van der Waals surface area contributed by atoms with Crippen molar-refractivity contribution in [2.45, 2.75) is 50.5 Å². The van der Waals surface area contributed by atoms with Gasteiger partial charge >= 0.3 is 5.22 Å². The standard InChI is InChI=1S/C19H25N3O4S/c1-19(2,3)17(23)22-11-9-15(10-12-22)16-20-21-18(26-16)27(24,25)13-14-7-5-4-6-8-14/h4-8,15H,9-13H2,1-3H3. The summed E-state index contributed by atoms with van der Waals surface area (Å²) in [5.41, 5.74) is 0.266. The number of piperidine rings is 1. The molecule has 0 spiro atoms. The van der Waals surface area contributed by atoms with Gasteiger partial charge in [-0.1, -0.05) is 56.2 Å². The highest BCUT2D eigenvalue weighted by atomic mass is 32.2. The van der Waals surface area contributed by atoms with Gasteiger partial charge in [-0.25, -0.2) is 8.42 Å². The number of benzene rings is 1. The van der Waals surface area contributed by atoms with E-state index in [4.69, 9.17) is 4.42 Å². The Morgan fingerprint density at radius 1 is 1.15 bits per heavy atom. The van der Waals surface area contributed by atoms with Crippen LogP contribution in [-0.2, 0) is 20.4 Å². The van der Waals surface area contributed by atoms with Gasteiger partial charge in [0.25, 0.3) is 0 Å². The molecule has 1 amide bonds. The van der Waals surface area contributed by atoms with Gasteiger partial charge < -0.3 is 9.32 Å². The number of aromatic nitrogens is 2. The van der Waals surface area contributed by atoms with Gasteiger partial charge in [-0.15, -0.1) is 5.10 Å². The van der Waals surface area contributed by atoms with Crippen LogP contribution in [0.4, 0.5) is 0 Å². The molecule has 1 aliphatic rings. The zero-order valence-corrected chi connectivity index (χ0v) is 16.7. The highest BCUT2D eigenvalue weighted by Crippen LogP contribution is 2.30. The smallest absolute Gasteiger partial charge is 0.335 e. The normalized spacial score (nSPS) is 16.5. The van der Waals surface area contributed by atoms with Crippen LogP contribution in [0.1, 0.15) is 51.0 Å². The van der Waals surface area contributed by atoms with Gasteiger partial charge in [0, 0.05) is 24.4 Å². The lowest BCUT2D eigenvalue weighted by atomic mass is 9.91. The molecule has 0 N–H and O–H groups in total. The Bertz CT molecular complexity index is 893. The first-order valence-electron chi connectivity index (χ1n) is 9.06. The van der Waals surface area contributed by atoms with Crippen LogP contribution in [0, 0.1) is 5.41 Å². The second-order valence-electron chi connectivity index (χ2n) is 7.97. The van der Waals surface area contributed by atoms with Crippen LogP contribution in [0.3, 0.4) is 0 Å². The third-order valence-corrected chi connectivity index (χ3v) is 6.07. The zero-order chi connectivity index (χ0) is 19.7. The lowest BCUT2D eigenvalue weighted by Crippen LogP contribution is -2.43. The van der Waals surface area contributed by atoms with Crippen molar-refractivity contribution in [1.82, 2.24) is 15.1 Å². The summed E-state index contributed by atoms with van der Waals surface area (Å²) in [4.78, 5) is 14.2. The summed E-state index contributed by atoms with van der Waals surface area (Å²) < 4.78 is 30.5. The molecule has 1 saturated heterocycles. The SMILES string of the molecule is CC(C)(C)C(=O)N1CCC(c2nnc(S(=O)(=O)Cc3ccccc3)o2)CC1. The molecule has 0 atom stereocenters. The molecular formula is C19H25N3O4S. The molecule has 1 aliphatic heterocycles. The minimum absolute atomic E-state index is 0.0257. The van der Waals surface area contributed by atoms with Gasteiger partial charge in [-0.2, -0.15) is 0 Å². The van der Waals surface area contributed by atoms with E-state index in [1.807, 2.05) is 31.7 Å². The minimum Gasteiger partial charge on any atom is -0.412 e. The molecule has 8 heteroatoms. The molecule has 1 aromatic heterocycles. The molecule has 3 rings (SSSR count). The topological polar surface area (TPSA) is 93.4 Å². The fourth-order valence-corrected chi connectivity index (χ4v) is 4.30. The largest absolute Gasteiger partial charge is 0.412 e. The summed E-state index contributed by atoms with van der Waals surface area (Å²) in [5, 5.41) is 7.40. The number of carbonyl (C=O) groups is 1. The maximum absolute atomic E-state index is 12.5. The Kier molecular flexibility index (Phi) is 5.37. The Labute approximate surface area is 159 Å². The van der Waals surface area contributed by atoms with Gasteiger partial charge in [0.15, 0.2) is 0 Å². The van der Waals surface area contributed by atoms with E-state index in [1.165, 1.54) is 0 Å². The van der Waals surface area contributed by atoms with E-state index < -0.39 is 15.3 Å². The first-order valence-corrected chi connectivity index (χ1v) is 10.7. The van der Waals surface area contributed by atoms with E-state index in [0.717, 1.165) is 0 Å². The van der Waals surface area contributed by atoms with Crippen molar-refractivity contribution in [3.8, 4) is 0 Å². The molecule has 0 bridgehead atoms. The predicted molar refractivity (Wildman–Crippen MR) is 99.6 cm³/mol. The third-order valence-electron chi connectivity index (χ3n) is 4.66. The van der Waals surface area contributed by atoms with E-state index in [2.05, 4.69) is 10.2 Å². The maximum Gasteiger partial charge on any atom is 0.335 e. The molecule has 0 unspecified atom stereocenters. The van der Waals surface area contributed by atoms with E-state index in [-0.39, 0.29) is 22.8 Å². The summed E-state index contributed by atoms with van der Waals surface area (Å²) >= 11 is 0. The highest BCUT2D eigenvalue weighted by Gasteiger charge is 2.33. The number of carbonyl (C=O) groups excluding carboxylic acids is 1. The van der Waals surface area contributed by atoms with Gasteiger partial charge in [0.2, 0.25) is 21.6 Å². The third kappa shape index (κ3) is 4.55. The molecular weight excluding hydrogens is 366 g/mol. The number of amides is 1. The number of hydrogen-bond donors (Lipinski definition) is 0. The van der Waals surface area contributed by atoms with Crippen LogP contribution in [0.25, 0.3) is 0 Å². The monoisotopic (exact) mass is 391 g/mol. The highest BCUT2D eigenvalue weighted by molar-refractivity contribution is 7.90. The van der Waals surface area contributed by atoms with Crippen molar-refractivity contribution in [3.05, 3.63) is 41.8 Å². The van der Waals surface area contributed by atoms with Crippen molar-refractivity contribution in [3.63, 3.8) is 0 Å². The molecule has 1 fully saturated rings. The summed E-state index contributed by atoms with van der Waals surface area (Å²) in [6.45, 7) is 6.93. The van der Waals surface area contributed by atoms with Crippen molar-refractivity contribution >= 4 is 15.7 Å². The van der Waals surface area contributed by atoms with Gasteiger partial charge in [-0.05, 0) is 18.4 Å². The van der Waals surface area contributed by atoms with Crippen molar-refractivity contribution in [2.75, 3.05) is 13.1 Å². The molecule has 7 nitrogen and oxygen atoms in total. The summed E-state index contributed by atoms with van der Waals surface area (Å²) in [6.07, 6.45) is 1.37. The van der Waals surface area contributed by atoms with E-state index in [0.29, 0.717) is 37.4 Å². The molecule has 2 aromatic rings. The molecule has 0 radical (unpaired) electrons. The van der Waals surface area contributed by atoms with Crippen molar-refractivity contribution < 1.29 is 17.6 Å². The molecule has 1 aromatic carbocycles. The maximum atomic E-state index is 12.5.